The molecular formula is C16H28OSi. The smallest absolute Gasteiger partial charge is 0.192 e. The highest BCUT2D eigenvalue weighted by Gasteiger charge is 2.37. The highest BCUT2D eigenvalue weighted by atomic mass is 28.4. The van der Waals surface area contributed by atoms with Crippen molar-refractivity contribution in [3.63, 3.8) is 0 Å². The minimum Gasteiger partial charge on any atom is -0.413 e. The molecule has 1 aromatic carbocycles. The summed E-state index contributed by atoms with van der Waals surface area (Å²) in [5.74, 6) is 0. The number of aryl methyl sites for hydroxylation is 1. The Morgan fingerprint density at radius 3 is 2.11 bits per heavy atom. The lowest BCUT2D eigenvalue weighted by molar-refractivity contribution is 0.275. The summed E-state index contributed by atoms with van der Waals surface area (Å²) in [6, 6.07) is 8.68. The number of rotatable bonds is 5. The largest absolute Gasteiger partial charge is 0.413 e. The average molecular weight is 264 g/mol. The van der Waals surface area contributed by atoms with Crippen molar-refractivity contribution in [3.8, 4) is 0 Å². The van der Waals surface area contributed by atoms with Crippen LogP contribution in [-0.2, 0) is 17.5 Å². The van der Waals surface area contributed by atoms with Crippen LogP contribution in [0.5, 0.6) is 0 Å². The van der Waals surface area contributed by atoms with Crippen molar-refractivity contribution in [2.75, 3.05) is 0 Å². The minimum absolute atomic E-state index is 0.284. The molecule has 1 nitrogen and oxygen atoms in total. The second kappa shape index (κ2) is 6.03. The number of hydrogen-bond acceptors (Lipinski definition) is 1. The topological polar surface area (TPSA) is 9.23 Å². The molecule has 1 rings (SSSR count). The van der Waals surface area contributed by atoms with Gasteiger partial charge in [0.05, 0.1) is 6.61 Å². The molecule has 0 saturated heterocycles. The van der Waals surface area contributed by atoms with E-state index >= 15 is 0 Å². The lowest BCUT2D eigenvalue weighted by Gasteiger charge is -2.36. The van der Waals surface area contributed by atoms with Crippen LogP contribution in [0, 0.1) is 0 Å². The summed E-state index contributed by atoms with van der Waals surface area (Å²) < 4.78 is 6.31. The molecule has 0 aromatic heterocycles. The van der Waals surface area contributed by atoms with E-state index in [4.69, 9.17) is 4.43 Å². The van der Waals surface area contributed by atoms with E-state index in [1.54, 1.807) is 0 Å². The normalized spacial score (nSPS) is 12.8. The Morgan fingerprint density at radius 2 is 1.61 bits per heavy atom. The zero-order valence-corrected chi connectivity index (χ0v) is 13.8. The predicted molar refractivity (Wildman–Crippen MR) is 82.4 cm³/mol. The first-order chi connectivity index (χ1) is 8.28. The Hall–Kier alpha value is -0.603. The van der Waals surface area contributed by atoms with Crippen LogP contribution >= 0.6 is 0 Å². The molecule has 0 aliphatic rings. The summed E-state index contributed by atoms with van der Waals surface area (Å²) in [4.78, 5) is 0. The summed E-state index contributed by atoms with van der Waals surface area (Å²) in [6.45, 7) is 14.5. The van der Waals surface area contributed by atoms with Gasteiger partial charge in [0.1, 0.15) is 0 Å². The van der Waals surface area contributed by atoms with Gasteiger partial charge in [0.2, 0.25) is 0 Å². The van der Waals surface area contributed by atoms with E-state index < -0.39 is 8.32 Å². The molecule has 0 amide bonds. The van der Waals surface area contributed by atoms with Crippen molar-refractivity contribution in [1.29, 1.82) is 0 Å². The van der Waals surface area contributed by atoms with Crippen molar-refractivity contribution < 1.29 is 4.43 Å². The highest BCUT2D eigenvalue weighted by molar-refractivity contribution is 6.74. The average Bonchev–Trinajstić information content (AvgIpc) is 2.27. The van der Waals surface area contributed by atoms with Crippen LogP contribution in [0.2, 0.25) is 18.1 Å². The molecule has 0 fully saturated rings. The molecule has 0 bridgehead atoms. The van der Waals surface area contributed by atoms with Gasteiger partial charge in [0.15, 0.2) is 8.32 Å². The van der Waals surface area contributed by atoms with Crippen LogP contribution in [0.3, 0.4) is 0 Å². The van der Waals surface area contributed by atoms with Crippen LogP contribution in [0.15, 0.2) is 24.3 Å². The Balaban J connectivity index is 2.75. The van der Waals surface area contributed by atoms with E-state index in [-0.39, 0.29) is 5.04 Å². The maximum atomic E-state index is 6.31. The summed E-state index contributed by atoms with van der Waals surface area (Å²) in [6.07, 6.45) is 2.34. The van der Waals surface area contributed by atoms with Crippen molar-refractivity contribution in [1.82, 2.24) is 0 Å². The molecule has 0 saturated carbocycles. The fourth-order valence-electron chi connectivity index (χ4n) is 1.69. The van der Waals surface area contributed by atoms with Gasteiger partial charge in [0, 0.05) is 0 Å². The molecule has 2 heteroatoms. The van der Waals surface area contributed by atoms with Crippen molar-refractivity contribution in [3.05, 3.63) is 35.4 Å². The van der Waals surface area contributed by atoms with Gasteiger partial charge >= 0.3 is 0 Å². The van der Waals surface area contributed by atoms with Crippen LogP contribution in [-0.4, -0.2) is 8.32 Å². The molecular weight excluding hydrogens is 236 g/mol. The van der Waals surface area contributed by atoms with Crippen molar-refractivity contribution >= 4 is 8.32 Å². The fraction of sp³-hybridized carbons (Fsp3) is 0.625. The van der Waals surface area contributed by atoms with E-state index in [2.05, 4.69) is 65.1 Å². The third-order valence-electron chi connectivity index (χ3n) is 4.03. The van der Waals surface area contributed by atoms with Gasteiger partial charge in [-0.2, -0.15) is 0 Å². The van der Waals surface area contributed by atoms with Gasteiger partial charge in [0.25, 0.3) is 0 Å². The molecule has 0 aliphatic carbocycles. The minimum atomic E-state index is -1.63. The van der Waals surface area contributed by atoms with Crippen LogP contribution < -0.4 is 0 Å². The molecule has 102 valence electrons. The zero-order chi connectivity index (χ0) is 13.8. The van der Waals surface area contributed by atoms with E-state index in [0.717, 1.165) is 13.0 Å². The van der Waals surface area contributed by atoms with Crippen molar-refractivity contribution in [2.45, 2.75) is 65.3 Å². The molecule has 0 heterocycles. The Morgan fingerprint density at radius 1 is 1.06 bits per heavy atom. The van der Waals surface area contributed by atoms with Gasteiger partial charge in [-0.1, -0.05) is 58.4 Å². The first-order valence-corrected chi connectivity index (χ1v) is 9.89. The maximum Gasteiger partial charge on any atom is 0.192 e. The van der Waals surface area contributed by atoms with Gasteiger partial charge < -0.3 is 4.43 Å². The van der Waals surface area contributed by atoms with E-state index in [9.17, 15) is 0 Å². The molecule has 18 heavy (non-hydrogen) atoms. The summed E-state index contributed by atoms with van der Waals surface area (Å²) in [5.41, 5.74) is 2.81. The molecule has 0 radical (unpaired) electrons. The predicted octanol–water partition coefficient (Wildman–Crippen LogP) is 5.16. The van der Waals surface area contributed by atoms with E-state index in [1.165, 1.54) is 17.5 Å². The van der Waals surface area contributed by atoms with Crippen LogP contribution in [0.25, 0.3) is 0 Å². The molecule has 0 atom stereocenters. The summed E-state index contributed by atoms with van der Waals surface area (Å²) in [7, 11) is -1.63. The van der Waals surface area contributed by atoms with Crippen LogP contribution in [0.4, 0.5) is 0 Å². The lowest BCUT2D eigenvalue weighted by Crippen LogP contribution is -2.40. The Bertz CT molecular complexity index is 377. The SMILES string of the molecule is CCCc1ccccc1CO[Si](C)(C)C(C)(C)C. The van der Waals surface area contributed by atoms with Gasteiger partial charge in [-0.15, -0.1) is 0 Å². The third kappa shape index (κ3) is 3.96. The second-order valence-electron chi connectivity index (χ2n) is 6.57. The number of hydrogen-bond donors (Lipinski definition) is 0. The molecule has 0 spiro atoms. The molecule has 0 aliphatic heterocycles. The van der Waals surface area contributed by atoms with Gasteiger partial charge in [-0.25, -0.2) is 0 Å². The van der Waals surface area contributed by atoms with Gasteiger partial charge in [-0.3, -0.25) is 0 Å². The van der Waals surface area contributed by atoms with E-state index in [1.807, 2.05) is 0 Å². The lowest BCUT2D eigenvalue weighted by atomic mass is 10.0. The van der Waals surface area contributed by atoms with Crippen molar-refractivity contribution in [2.24, 2.45) is 0 Å². The summed E-state index contributed by atoms with van der Waals surface area (Å²) >= 11 is 0. The molecule has 1 aromatic rings. The standard InChI is InChI=1S/C16H28OSi/c1-7-10-14-11-8-9-12-15(14)13-17-18(5,6)16(2,3)4/h8-9,11-12H,7,10,13H2,1-6H3. The Kier molecular flexibility index (Phi) is 5.17. The molecule has 0 N–H and O–H groups in total. The first kappa shape index (κ1) is 15.5. The quantitative estimate of drug-likeness (QED) is 0.667. The zero-order valence-electron chi connectivity index (χ0n) is 12.8. The Labute approximate surface area is 114 Å². The third-order valence-corrected chi connectivity index (χ3v) is 8.51. The fourth-order valence-corrected chi connectivity index (χ4v) is 2.64. The second-order valence-corrected chi connectivity index (χ2v) is 11.4. The molecule has 0 unspecified atom stereocenters. The van der Waals surface area contributed by atoms with Crippen LogP contribution in [0.1, 0.15) is 45.2 Å². The monoisotopic (exact) mass is 264 g/mol. The van der Waals surface area contributed by atoms with E-state index in [0.29, 0.717) is 0 Å². The summed E-state index contributed by atoms with van der Waals surface area (Å²) in [5, 5.41) is 0.284. The maximum absolute atomic E-state index is 6.31. The highest BCUT2D eigenvalue weighted by Crippen LogP contribution is 2.37. The number of benzene rings is 1. The first-order valence-electron chi connectivity index (χ1n) is 6.98. The van der Waals surface area contributed by atoms with Gasteiger partial charge in [-0.05, 0) is 35.7 Å².